The van der Waals surface area contributed by atoms with E-state index < -0.39 is 10.0 Å². The molecule has 0 amide bonds. The van der Waals surface area contributed by atoms with Gasteiger partial charge in [-0.15, -0.1) is 0 Å². The second-order valence-electron chi connectivity index (χ2n) is 4.12. The quantitative estimate of drug-likeness (QED) is 0.688. The first-order valence-electron chi connectivity index (χ1n) is 6.43. The average Bonchev–Trinajstić information content (AvgIpc) is 2.39. The SMILES string of the molecule is CCNS(=O)(=O)c1ccccc1NCCCCSC. The van der Waals surface area contributed by atoms with Crippen LogP contribution in [0.4, 0.5) is 5.69 Å². The van der Waals surface area contributed by atoms with E-state index in [1.807, 2.05) is 17.8 Å². The molecule has 0 aliphatic rings. The third-order valence-electron chi connectivity index (χ3n) is 2.60. The smallest absolute Gasteiger partial charge is 0.242 e. The Morgan fingerprint density at radius 2 is 1.95 bits per heavy atom. The lowest BCUT2D eigenvalue weighted by Crippen LogP contribution is -2.24. The van der Waals surface area contributed by atoms with E-state index >= 15 is 0 Å². The Morgan fingerprint density at radius 3 is 2.63 bits per heavy atom. The van der Waals surface area contributed by atoms with Crippen LogP contribution in [0.15, 0.2) is 29.2 Å². The monoisotopic (exact) mass is 302 g/mol. The summed E-state index contributed by atoms with van der Waals surface area (Å²) in [4.78, 5) is 0.321. The van der Waals surface area contributed by atoms with Gasteiger partial charge in [0.2, 0.25) is 10.0 Å². The Labute approximate surface area is 120 Å². The van der Waals surface area contributed by atoms with E-state index in [4.69, 9.17) is 0 Å². The summed E-state index contributed by atoms with van der Waals surface area (Å²) in [5, 5.41) is 3.21. The fourth-order valence-corrected chi connectivity index (χ4v) is 3.43. The van der Waals surface area contributed by atoms with Crippen LogP contribution in [0.5, 0.6) is 0 Å². The predicted molar refractivity (Wildman–Crippen MR) is 83.4 cm³/mol. The highest BCUT2D eigenvalue weighted by Gasteiger charge is 2.16. The molecule has 0 saturated carbocycles. The lowest BCUT2D eigenvalue weighted by atomic mass is 10.3. The zero-order chi connectivity index (χ0) is 14.1. The lowest BCUT2D eigenvalue weighted by molar-refractivity contribution is 0.584. The van der Waals surface area contributed by atoms with Gasteiger partial charge in [0.15, 0.2) is 0 Å². The van der Waals surface area contributed by atoms with E-state index in [1.165, 1.54) is 0 Å². The molecule has 6 heteroatoms. The molecule has 0 fully saturated rings. The summed E-state index contributed by atoms with van der Waals surface area (Å²) in [6.45, 7) is 2.96. The number of sulfonamides is 1. The first-order chi connectivity index (χ1) is 9.11. The van der Waals surface area contributed by atoms with Gasteiger partial charge < -0.3 is 5.32 Å². The number of thioether (sulfide) groups is 1. The molecule has 0 spiro atoms. The van der Waals surface area contributed by atoms with Gasteiger partial charge in [-0.3, -0.25) is 0 Å². The van der Waals surface area contributed by atoms with Gasteiger partial charge in [0.25, 0.3) is 0 Å². The number of hydrogen-bond donors (Lipinski definition) is 2. The maximum atomic E-state index is 12.0. The maximum absolute atomic E-state index is 12.0. The molecule has 0 aromatic heterocycles. The van der Waals surface area contributed by atoms with Crippen LogP contribution in [0.2, 0.25) is 0 Å². The van der Waals surface area contributed by atoms with Gasteiger partial charge >= 0.3 is 0 Å². The molecule has 0 aliphatic carbocycles. The molecule has 1 aromatic carbocycles. The summed E-state index contributed by atoms with van der Waals surface area (Å²) in [5.41, 5.74) is 0.674. The van der Waals surface area contributed by atoms with E-state index in [-0.39, 0.29) is 0 Å². The Balaban J connectivity index is 2.68. The van der Waals surface area contributed by atoms with E-state index in [9.17, 15) is 8.42 Å². The van der Waals surface area contributed by atoms with Gasteiger partial charge in [0, 0.05) is 13.1 Å². The van der Waals surface area contributed by atoms with Crippen molar-refractivity contribution in [3.63, 3.8) is 0 Å². The van der Waals surface area contributed by atoms with Crippen molar-refractivity contribution < 1.29 is 8.42 Å². The Bertz CT molecular complexity index is 475. The molecule has 108 valence electrons. The molecule has 0 aliphatic heterocycles. The van der Waals surface area contributed by atoms with Gasteiger partial charge in [-0.2, -0.15) is 11.8 Å². The lowest BCUT2D eigenvalue weighted by Gasteiger charge is -2.12. The molecule has 0 unspecified atom stereocenters. The summed E-state index contributed by atoms with van der Waals surface area (Å²) in [7, 11) is -3.40. The fourth-order valence-electron chi connectivity index (χ4n) is 1.71. The van der Waals surface area contributed by atoms with Crippen LogP contribution in [-0.2, 0) is 10.0 Å². The molecule has 2 N–H and O–H groups in total. The minimum Gasteiger partial charge on any atom is -0.384 e. The predicted octanol–water partition coefficient (Wildman–Crippen LogP) is 2.54. The summed E-state index contributed by atoms with van der Waals surface area (Å²) >= 11 is 1.83. The number of anilines is 1. The number of benzene rings is 1. The number of rotatable bonds is 9. The van der Waals surface area contributed by atoms with Gasteiger partial charge in [-0.25, -0.2) is 13.1 Å². The van der Waals surface area contributed by atoms with E-state index in [1.54, 1.807) is 25.1 Å². The average molecular weight is 302 g/mol. The van der Waals surface area contributed by atoms with Crippen LogP contribution in [0.25, 0.3) is 0 Å². The molecule has 0 saturated heterocycles. The first kappa shape index (κ1) is 16.3. The maximum Gasteiger partial charge on any atom is 0.242 e. The molecule has 4 nitrogen and oxygen atoms in total. The minimum atomic E-state index is -3.40. The van der Waals surface area contributed by atoms with Gasteiger partial charge in [0.05, 0.1) is 5.69 Å². The summed E-state index contributed by atoms with van der Waals surface area (Å²) in [6.07, 6.45) is 4.26. The molecule has 0 atom stereocenters. The Kier molecular flexibility index (Phi) is 7.27. The Morgan fingerprint density at radius 1 is 1.21 bits per heavy atom. The second-order valence-corrected chi connectivity index (χ2v) is 6.85. The van der Waals surface area contributed by atoms with Crippen molar-refractivity contribution in [2.45, 2.75) is 24.7 Å². The zero-order valence-electron chi connectivity index (χ0n) is 11.5. The highest BCUT2D eigenvalue weighted by molar-refractivity contribution is 7.98. The van der Waals surface area contributed by atoms with Crippen molar-refractivity contribution >= 4 is 27.5 Å². The first-order valence-corrected chi connectivity index (χ1v) is 9.31. The molecule has 0 heterocycles. The Hall–Kier alpha value is -0.720. The highest BCUT2D eigenvalue weighted by atomic mass is 32.2. The number of para-hydroxylation sites is 1. The zero-order valence-corrected chi connectivity index (χ0v) is 13.1. The second kappa shape index (κ2) is 8.45. The molecule has 0 bridgehead atoms. The van der Waals surface area contributed by atoms with Crippen LogP contribution >= 0.6 is 11.8 Å². The van der Waals surface area contributed by atoms with E-state index in [0.29, 0.717) is 17.1 Å². The molecule has 19 heavy (non-hydrogen) atoms. The number of unbranched alkanes of at least 4 members (excludes halogenated alkanes) is 1. The minimum absolute atomic E-state index is 0.321. The fraction of sp³-hybridized carbons (Fsp3) is 0.538. The summed E-state index contributed by atoms with van der Waals surface area (Å²) < 4.78 is 26.6. The third-order valence-corrected chi connectivity index (χ3v) is 4.90. The van der Waals surface area contributed by atoms with Crippen molar-refractivity contribution in [2.75, 3.05) is 30.4 Å². The molecular formula is C13H22N2O2S2. The van der Waals surface area contributed by atoms with Crippen molar-refractivity contribution in [1.29, 1.82) is 0 Å². The number of hydrogen-bond acceptors (Lipinski definition) is 4. The highest BCUT2D eigenvalue weighted by Crippen LogP contribution is 2.20. The van der Waals surface area contributed by atoms with Gasteiger partial charge in [-0.1, -0.05) is 19.1 Å². The van der Waals surface area contributed by atoms with E-state index in [0.717, 1.165) is 25.1 Å². The van der Waals surface area contributed by atoms with Gasteiger partial charge in [-0.05, 0) is 37.0 Å². The van der Waals surface area contributed by atoms with E-state index in [2.05, 4.69) is 16.3 Å². The van der Waals surface area contributed by atoms with Crippen LogP contribution in [0.3, 0.4) is 0 Å². The normalized spacial score (nSPS) is 11.5. The van der Waals surface area contributed by atoms with Crippen molar-refractivity contribution in [3.05, 3.63) is 24.3 Å². The molecule has 1 rings (SSSR count). The summed E-state index contributed by atoms with van der Waals surface area (Å²) in [5.74, 6) is 1.14. The standard InChI is InChI=1S/C13H22N2O2S2/c1-3-15-19(16,17)13-9-5-4-8-12(13)14-10-6-7-11-18-2/h4-5,8-9,14-15H,3,6-7,10-11H2,1-2H3. The third kappa shape index (κ3) is 5.42. The molecule has 0 radical (unpaired) electrons. The van der Waals surface area contributed by atoms with Crippen LogP contribution < -0.4 is 10.0 Å². The van der Waals surface area contributed by atoms with Crippen LogP contribution in [0, 0.1) is 0 Å². The van der Waals surface area contributed by atoms with Crippen LogP contribution in [0.1, 0.15) is 19.8 Å². The van der Waals surface area contributed by atoms with Crippen molar-refractivity contribution in [3.8, 4) is 0 Å². The number of nitrogens with one attached hydrogen (secondary N) is 2. The van der Waals surface area contributed by atoms with Gasteiger partial charge in [0.1, 0.15) is 4.90 Å². The largest absolute Gasteiger partial charge is 0.384 e. The summed E-state index contributed by atoms with van der Waals surface area (Å²) in [6, 6.07) is 7.01. The van der Waals surface area contributed by atoms with Crippen molar-refractivity contribution in [2.24, 2.45) is 0 Å². The van der Waals surface area contributed by atoms with Crippen LogP contribution in [-0.4, -0.2) is 33.5 Å². The molecular weight excluding hydrogens is 280 g/mol. The topological polar surface area (TPSA) is 58.2 Å². The molecule has 1 aromatic rings. The van der Waals surface area contributed by atoms with Crippen molar-refractivity contribution in [1.82, 2.24) is 4.72 Å².